The van der Waals surface area contributed by atoms with Gasteiger partial charge >= 0.3 is 6.29 Å². The number of nitrogens with zero attached hydrogens (tertiary/aromatic N) is 3. The molecule has 0 saturated carbocycles. The fourth-order valence-electron chi connectivity index (χ4n) is 3.69. The Morgan fingerprint density at radius 3 is 2.76 bits per heavy atom. The second kappa shape index (κ2) is 7.54. The van der Waals surface area contributed by atoms with Gasteiger partial charge in [0.15, 0.2) is 17.2 Å². The molecule has 3 heterocycles. The van der Waals surface area contributed by atoms with E-state index in [1.807, 2.05) is 0 Å². The average Bonchev–Trinajstić information content (AvgIpc) is 3.37. The van der Waals surface area contributed by atoms with Gasteiger partial charge in [0, 0.05) is 30.8 Å². The molecule has 0 saturated heterocycles. The summed E-state index contributed by atoms with van der Waals surface area (Å²) in [5.74, 6) is -1.11. The number of fused-ring (bicyclic) bond motifs is 2. The van der Waals surface area contributed by atoms with Gasteiger partial charge in [0.25, 0.3) is 5.56 Å². The van der Waals surface area contributed by atoms with Crippen molar-refractivity contribution in [3.05, 3.63) is 64.2 Å². The number of anilines is 1. The molecule has 170 valence electrons. The molecule has 0 aliphatic carbocycles. The zero-order valence-corrected chi connectivity index (χ0v) is 17.2. The third kappa shape index (κ3) is 3.75. The zero-order chi connectivity index (χ0) is 23.3. The first-order valence-electron chi connectivity index (χ1n) is 9.91. The highest BCUT2D eigenvalue weighted by Crippen LogP contribution is 2.42. The minimum atomic E-state index is -3.78. The van der Waals surface area contributed by atoms with Crippen LogP contribution in [0.25, 0.3) is 11.3 Å². The van der Waals surface area contributed by atoms with Gasteiger partial charge in [-0.2, -0.15) is 5.10 Å². The predicted molar refractivity (Wildman–Crippen MR) is 109 cm³/mol. The van der Waals surface area contributed by atoms with Crippen molar-refractivity contribution in [2.45, 2.75) is 19.3 Å². The van der Waals surface area contributed by atoms with Crippen LogP contribution in [0.2, 0.25) is 0 Å². The monoisotopic (exact) mass is 459 g/mol. The van der Waals surface area contributed by atoms with Crippen LogP contribution >= 0.6 is 0 Å². The van der Waals surface area contributed by atoms with Crippen molar-refractivity contribution in [1.29, 1.82) is 0 Å². The van der Waals surface area contributed by atoms with Gasteiger partial charge in [-0.25, -0.2) is 9.07 Å². The van der Waals surface area contributed by atoms with Crippen LogP contribution in [0.15, 0.2) is 47.3 Å². The minimum absolute atomic E-state index is 0.152. The van der Waals surface area contributed by atoms with E-state index in [4.69, 9.17) is 4.74 Å². The molecule has 0 radical (unpaired) electrons. The van der Waals surface area contributed by atoms with Gasteiger partial charge in [-0.1, -0.05) is 12.1 Å². The molecule has 33 heavy (non-hydrogen) atoms. The number of alkyl halides is 2. The molecule has 1 aromatic heterocycles. The Kier molecular flexibility index (Phi) is 4.76. The molecule has 0 fully saturated rings. The van der Waals surface area contributed by atoms with E-state index in [1.165, 1.54) is 48.3 Å². The summed E-state index contributed by atoms with van der Waals surface area (Å²) < 4.78 is 55.6. The van der Waals surface area contributed by atoms with Crippen molar-refractivity contribution in [3.63, 3.8) is 0 Å². The molecule has 0 atom stereocenters. The maximum atomic E-state index is 13.8. The first-order chi connectivity index (χ1) is 15.7. The van der Waals surface area contributed by atoms with E-state index in [-0.39, 0.29) is 35.2 Å². The molecule has 2 aliphatic heterocycles. The highest BCUT2D eigenvalue weighted by Gasteiger charge is 2.43. The summed E-state index contributed by atoms with van der Waals surface area (Å²) in [6.07, 6.45) is -3.44. The van der Waals surface area contributed by atoms with Crippen LogP contribution in [-0.4, -0.2) is 35.6 Å². The second-order valence-corrected chi connectivity index (χ2v) is 7.48. The van der Waals surface area contributed by atoms with Crippen molar-refractivity contribution >= 4 is 11.6 Å². The molecule has 1 amide bonds. The summed E-state index contributed by atoms with van der Waals surface area (Å²) in [6, 6.07) is 9.57. The molecule has 3 aromatic rings. The van der Waals surface area contributed by atoms with Gasteiger partial charge in [-0.15, -0.1) is 8.78 Å². The van der Waals surface area contributed by atoms with Crippen molar-refractivity contribution in [2.24, 2.45) is 0 Å². The number of rotatable bonds is 4. The van der Waals surface area contributed by atoms with E-state index >= 15 is 0 Å². The summed E-state index contributed by atoms with van der Waals surface area (Å²) in [5, 5.41) is 4.27. The maximum Gasteiger partial charge on any atom is 0.586 e. The molecule has 2 aliphatic rings. The Morgan fingerprint density at radius 1 is 1.18 bits per heavy atom. The summed E-state index contributed by atoms with van der Waals surface area (Å²) >= 11 is 0. The van der Waals surface area contributed by atoms with E-state index in [1.54, 1.807) is 6.07 Å². The first-order valence-corrected chi connectivity index (χ1v) is 9.91. The van der Waals surface area contributed by atoms with E-state index < -0.39 is 30.1 Å². The average molecular weight is 459 g/mol. The number of amides is 1. The molecule has 0 bridgehead atoms. The number of halogens is 3. The number of benzene rings is 2. The van der Waals surface area contributed by atoms with Gasteiger partial charge < -0.3 is 19.1 Å². The summed E-state index contributed by atoms with van der Waals surface area (Å²) in [5.41, 5.74) is 0.768. The molecule has 11 heteroatoms. The quantitative estimate of drug-likeness (QED) is 0.597. The van der Waals surface area contributed by atoms with Crippen molar-refractivity contribution in [2.75, 3.05) is 18.6 Å². The number of hydrogen-bond acceptors (Lipinski definition) is 6. The Labute approximate surface area is 184 Å². The van der Waals surface area contributed by atoms with Gasteiger partial charge in [0.05, 0.1) is 12.2 Å². The van der Waals surface area contributed by atoms with Crippen LogP contribution in [0.4, 0.5) is 18.9 Å². The molecular formula is C22H16F3N3O5. The van der Waals surface area contributed by atoms with Crippen LogP contribution in [0.3, 0.4) is 0 Å². The predicted octanol–water partition coefficient (Wildman–Crippen LogP) is 2.97. The Balaban J connectivity index is 1.46. The number of likely N-dealkylation sites (N-methyl/N-ethyl adjacent to an activating group) is 1. The van der Waals surface area contributed by atoms with Crippen molar-refractivity contribution in [3.8, 4) is 28.5 Å². The van der Waals surface area contributed by atoms with Crippen LogP contribution in [-0.2, 0) is 17.8 Å². The summed E-state index contributed by atoms with van der Waals surface area (Å²) in [7, 11) is 1.42. The van der Waals surface area contributed by atoms with Crippen LogP contribution < -0.4 is 24.7 Å². The lowest BCUT2D eigenvalue weighted by Crippen LogP contribution is -2.36. The number of ether oxygens (including phenoxy) is 3. The Hall–Kier alpha value is -4.02. The molecule has 5 rings (SSSR count). The van der Waals surface area contributed by atoms with Gasteiger partial charge in [0.1, 0.15) is 18.1 Å². The van der Waals surface area contributed by atoms with E-state index in [9.17, 15) is 22.8 Å². The molecule has 0 spiro atoms. The zero-order valence-electron chi connectivity index (χ0n) is 17.2. The maximum absolute atomic E-state index is 13.8. The topological polar surface area (TPSA) is 82.9 Å². The van der Waals surface area contributed by atoms with Crippen molar-refractivity contribution < 1.29 is 32.2 Å². The third-order valence-electron chi connectivity index (χ3n) is 5.33. The van der Waals surface area contributed by atoms with Crippen LogP contribution in [0, 0.1) is 5.82 Å². The third-order valence-corrected chi connectivity index (χ3v) is 5.33. The lowest BCUT2D eigenvalue weighted by Gasteiger charge is -2.18. The normalized spacial score (nSPS) is 15.2. The molecule has 8 nitrogen and oxygen atoms in total. The van der Waals surface area contributed by atoms with E-state index in [0.29, 0.717) is 17.5 Å². The van der Waals surface area contributed by atoms with Gasteiger partial charge in [-0.3, -0.25) is 9.59 Å². The number of hydrogen-bond donors (Lipinski definition) is 0. The number of aromatic nitrogens is 2. The van der Waals surface area contributed by atoms with Gasteiger partial charge in [0.2, 0.25) is 5.91 Å². The molecule has 0 N–H and O–H groups in total. The van der Waals surface area contributed by atoms with E-state index in [2.05, 4.69) is 14.6 Å². The van der Waals surface area contributed by atoms with Crippen LogP contribution in [0.1, 0.15) is 5.56 Å². The standard InChI is InChI=1S/C22H16F3N3O5/c1-27(14-5-6-16-17(10-14)33-22(24,25)32-16)18(29)11-28-21(30)15-7-8-31-20(15)19(26-28)12-3-2-4-13(23)9-12/h2-6,9-10H,7-8,11H2,1H3. The smallest absolute Gasteiger partial charge is 0.490 e. The lowest BCUT2D eigenvalue weighted by molar-refractivity contribution is -0.286. The summed E-state index contributed by atoms with van der Waals surface area (Å²) in [4.78, 5) is 27.0. The fraction of sp³-hybridized carbons (Fsp3) is 0.227. The first kappa shape index (κ1) is 20.9. The van der Waals surface area contributed by atoms with Crippen molar-refractivity contribution in [1.82, 2.24) is 9.78 Å². The van der Waals surface area contributed by atoms with Gasteiger partial charge in [-0.05, 0) is 24.3 Å². The highest BCUT2D eigenvalue weighted by atomic mass is 19.3. The summed E-state index contributed by atoms with van der Waals surface area (Å²) in [6.45, 7) is -0.163. The highest BCUT2D eigenvalue weighted by molar-refractivity contribution is 5.93. The lowest BCUT2D eigenvalue weighted by atomic mass is 10.1. The molecule has 2 aromatic carbocycles. The number of carbonyl (C=O) groups is 1. The Bertz CT molecular complexity index is 1340. The Morgan fingerprint density at radius 2 is 1.97 bits per heavy atom. The van der Waals surface area contributed by atoms with E-state index in [0.717, 1.165) is 4.68 Å². The SMILES string of the molecule is CN(C(=O)Cn1nc(-c2cccc(F)c2)c2c(c1=O)CCO2)c1ccc2c(c1)OC(F)(F)O2. The minimum Gasteiger partial charge on any atom is -0.490 e. The largest absolute Gasteiger partial charge is 0.586 e. The van der Waals surface area contributed by atoms with Crippen LogP contribution in [0.5, 0.6) is 17.2 Å². The molecular weight excluding hydrogens is 443 g/mol. The second-order valence-electron chi connectivity index (χ2n) is 7.48. The fourth-order valence-corrected chi connectivity index (χ4v) is 3.69. The molecule has 0 unspecified atom stereocenters. The number of carbonyl (C=O) groups excluding carboxylic acids is 1.